The van der Waals surface area contributed by atoms with Gasteiger partial charge < -0.3 is 10.4 Å². The van der Waals surface area contributed by atoms with E-state index in [-0.39, 0.29) is 36.1 Å². The van der Waals surface area contributed by atoms with Crippen molar-refractivity contribution in [2.75, 3.05) is 26.2 Å². The molecule has 8 heteroatoms. The van der Waals surface area contributed by atoms with E-state index in [4.69, 9.17) is 0 Å². The number of hydrogen-bond donors (Lipinski definition) is 2. The van der Waals surface area contributed by atoms with Crippen LogP contribution in [-0.2, 0) is 0 Å². The number of hydrogen-bond acceptors (Lipinski definition) is 3. The number of phenols is 1. The fraction of sp³-hybridized carbons (Fsp3) is 0.500. The minimum Gasteiger partial charge on any atom is -0.508 e. The Bertz CT molecular complexity index is 420. The van der Waals surface area contributed by atoms with Gasteiger partial charge in [0.05, 0.1) is 6.04 Å². The van der Waals surface area contributed by atoms with Crippen LogP contribution < -0.4 is 5.32 Å². The first-order valence-corrected chi connectivity index (χ1v) is 6.60. The van der Waals surface area contributed by atoms with Crippen molar-refractivity contribution in [1.29, 1.82) is 0 Å². The van der Waals surface area contributed by atoms with Crippen LogP contribution in [0.1, 0.15) is 11.6 Å². The molecule has 1 aromatic rings. The molecule has 3 nitrogen and oxygen atoms in total. The highest BCUT2D eigenvalue weighted by molar-refractivity contribution is 9.10. The zero-order valence-corrected chi connectivity index (χ0v) is 13.8. The standard InChI is InChI=1S/C12H15BrF2N2O.2ClH/c13-8-1-2-9(10(18)7-8)11(12(14)15)17-5-3-16-4-6-17;;/h1-2,7,11-12,16,18H,3-6H2;2*1H/t11-;;/m0../s1. The molecule has 1 fully saturated rings. The molecule has 0 aromatic heterocycles. The maximum atomic E-state index is 13.3. The summed E-state index contributed by atoms with van der Waals surface area (Å²) in [5.41, 5.74) is 0.287. The molecule has 1 aliphatic rings. The predicted octanol–water partition coefficient (Wildman–Crippen LogP) is 3.21. The Morgan fingerprint density at radius 3 is 2.30 bits per heavy atom. The first-order chi connectivity index (χ1) is 8.59. The van der Waals surface area contributed by atoms with E-state index in [1.165, 1.54) is 6.07 Å². The summed E-state index contributed by atoms with van der Waals surface area (Å²) < 4.78 is 27.2. The van der Waals surface area contributed by atoms with Crippen molar-refractivity contribution < 1.29 is 13.9 Å². The van der Waals surface area contributed by atoms with E-state index in [0.29, 0.717) is 30.7 Å². The van der Waals surface area contributed by atoms with Crippen LogP contribution in [0.2, 0.25) is 0 Å². The van der Waals surface area contributed by atoms with Crippen molar-refractivity contribution in [3.05, 3.63) is 28.2 Å². The Hall–Kier alpha value is -0.140. The highest BCUT2D eigenvalue weighted by Crippen LogP contribution is 2.35. The number of nitrogens with one attached hydrogen (secondary N) is 1. The van der Waals surface area contributed by atoms with E-state index < -0.39 is 12.5 Å². The number of halogens is 5. The Kier molecular flexibility index (Phi) is 8.93. The van der Waals surface area contributed by atoms with E-state index in [1.807, 2.05) is 0 Å². The highest BCUT2D eigenvalue weighted by atomic mass is 79.9. The number of alkyl halides is 2. The van der Waals surface area contributed by atoms with Crippen molar-refractivity contribution in [3.8, 4) is 5.75 Å². The minimum absolute atomic E-state index is 0. The van der Waals surface area contributed by atoms with Gasteiger partial charge in [-0.1, -0.05) is 22.0 Å². The maximum absolute atomic E-state index is 13.3. The molecule has 1 aliphatic heterocycles. The number of nitrogens with zero attached hydrogens (tertiary/aromatic N) is 1. The third-order valence-corrected chi connectivity index (χ3v) is 3.59. The molecule has 0 bridgehead atoms. The molecule has 1 atom stereocenters. The summed E-state index contributed by atoms with van der Waals surface area (Å²) in [5, 5.41) is 13.0. The van der Waals surface area contributed by atoms with Gasteiger partial charge in [0, 0.05) is 36.2 Å². The molecule has 0 aliphatic carbocycles. The van der Waals surface area contributed by atoms with Gasteiger partial charge in [-0.3, -0.25) is 4.90 Å². The van der Waals surface area contributed by atoms with Gasteiger partial charge in [0.15, 0.2) is 0 Å². The molecule has 0 spiro atoms. The average Bonchev–Trinajstić information content (AvgIpc) is 2.33. The second kappa shape index (κ2) is 9.00. The van der Waals surface area contributed by atoms with Crippen molar-refractivity contribution in [3.63, 3.8) is 0 Å². The lowest BCUT2D eigenvalue weighted by molar-refractivity contribution is 0.0170. The van der Waals surface area contributed by atoms with Crippen molar-refractivity contribution in [2.24, 2.45) is 0 Å². The Morgan fingerprint density at radius 2 is 1.80 bits per heavy atom. The zero-order valence-electron chi connectivity index (χ0n) is 10.6. The summed E-state index contributed by atoms with van der Waals surface area (Å²) in [4.78, 5) is 1.71. The summed E-state index contributed by atoms with van der Waals surface area (Å²) in [6.45, 7) is 2.51. The Morgan fingerprint density at radius 1 is 1.20 bits per heavy atom. The van der Waals surface area contributed by atoms with E-state index in [2.05, 4.69) is 21.2 Å². The molecule has 20 heavy (non-hydrogen) atoms. The molecule has 0 radical (unpaired) electrons. The van der Waals surface area contributed by atoms with E-state index in [9.17, 15) is 13.9 Å². The van der Waals surface area contributed by atoms with Gasteiger partial charge >= 0.3 is 0 Å². The fourth-order valence-corrected chi connectivity index (χ4v) is 2.57. The van der Waals surface area contributed by atoms with E-state index >= 15 is 0 Å². The van der Waals surface area contributed by atoms with Crippen LogP contribution in [0.15, 0.2) is 22.7 Å². The third kappa shape index (κ3) is 4.70. The molecule has 2 N–H and O–H groups in total. The van der Waals surface area contributed by atoms with Crippen molar-refractivity contribution in [2.45, 2.75) is 12.5 Å². The topological polar surface area (TPSA) is 35.5 Å². The number of aromatic hydroxyl groups is 1. The second-order valence-corrected chi connectivity index (χ2v) is 5.18. The lowest BCUT2D eigenvalue weighted by atomic mass is 10.0. The van der Waals surface area contributed by atoms with Crippen LogP contribution in [0.4, 0.5) is 8.78 Å². The maximum Gasteiger partial charge on any atom is 0.258 e. The number of piperazine rings is 1. The lowest BCUT2D eigenvalue weighted by Gasteiger charge is -2.34. The molecular weight excluding hydrogens is 377 g/mol. The Balaban J connectivity index is 0.00000180. The van der Waals surface area contributed by atoms with Gasteiger partial charge in [0.1, 0.15) is 5.75 Å². The van der Waals surface area contributed by atoms with E-state index in [1.54, 1.807) is 17.0 Å². The monoisotopic (exact) mass is 392 g/mol. The molecule has 0 amide bonds. The summed E-state index contributed by atoms with van der Waals surface area (Å²) >= 11 is 3.21. The second-order valence-electron chi connectivity index (χ2n) is 4.27. The SMILES string of the molecule is Cl.Cl.Oc1cc(Br)ccc1[C@@H](C(F)F)N1CCNCC1. The number of rotatable bonds is 3. The summed E-state index contributed by atoms with van der Waals surface area (Å²) in [5.74, 6) is -0.0896. The highest BCUT2D eigenvalue weighted by Gasteiger charge is 2.31. The van der Waals surface area contributed by atoms with E-state index in [0.717, 1.165) is 0 Å². The molecule has 1 heterocycles. The van der Waals surface area contributed by atoms with Gasteiger partial charge in [-0.05, 0) is 12.1 Å². The normalized spacial score (nSPS) is 17.2. The average molecular weight is 394 g/mol. The van der Waals surface area contributed by atoms with Crippen LogP contribution in [0, 0.1) is 0 Å². The summed E-state index contributed by atoms with van der Waals surface area (Å²) in [6.07, 6.45) is -2.52. The predicted molar refractivity (Wildman–Crippen MR) is 83.5 cm³/mol. The molecule has 0 saturated carbocycles. The first kappa shape index (κ1) is 19.9. The van der Waals surface area contributed by atoms with Crippen LogP contribution in [0.3, 0.4) is 0 Å². The fourth-order valence-electron chi connectivity index (χ4n) is 2.22. The molecule has 1 saturated heterocycles. The molecule has 116 valence electrons. The van der Waals surface area contributed by atoms with Crippen molar-refractivity contribution in [1.82, 2.24) is 10.2 Å². The van der Waals surface area contributed by atoms with Crippen LogP contribution in [0.5, 0.6) is 5.75 Å². The van der Waals surface area contributed by atoms with Crippen LogP contribution in [-0.4, -0.2) is 42.6 Å². The number of benzene rings is 1. The van der Waals surface area contributed by atoms with Gasteiger partial charge in [-0.15, -0.1) is 24.8 Å². The molecule has 1 aromatic carbocycles. The largest absolute Gasteiger partial charge is 0.508 e. The minimum atomic E-state index is -2.52. The molecule has 0 unspecified atom stereocenters. The van der Waals surface area contributed by atoms with Gasteiger partial charge in [-0.2, -0.15) is 0 Å². The first-order valence-electron chi connectivity index (χ1n) is 5.81. The lowest BCUT2D eigenvalue weighted by Crippen LogP contribution is -2.46. The smallest absolute Gasteiger partial charge is 0.258 e. The quantitative estimate of drug-likeness (QED) is 0.827. The van der Waals surface area contributed by atoms with Gasteiger partial charge in [0.2, 0.25) is 0 Å². The molecule has 2 rings (SSSR count). The number of phenolic OH excluding ortho intramolecular Hbond substituents is 1. The summed E-state index contributed by atoms with van der Waals surface area (Å²) in [7, 11) is 0. The Labute approximate surface area is 137 Å². The zero-order chi connectivity index (χ0) is 13.1. The molecular formula is C12H17BrCl2F2N2O. The van der Waals surface area contributed by atoms with Gasteiger partial charge in [0.25, 0.3) is 6.43 Å². The van der Waals surface area contributed by atoms with Crippen LogP contribution in [0.25, 0.3) is 0 Å². The summed E-state index contributed by atoms with van der Waals surface area (Å²) in [6, 6.07) is 3.64. The van der Waals surface area contributed by atoms with Gasteiger partial charge in [-0.25, -0.2) is 8.78 Å². The van der Waals surface area contributed by atoms with Crippen LogP contribution >= 0.6 is 40.7 Å². The third-order valence-electron chi connectivity index (χ3n) is 3.09. The van der Waals surface area contributed by atoms with Crippen molar-refractivity contribution >= 4 is 40.7 Å².